The molecule has 0 aliphatic carbocycles. The van der Waals surface area contributed by atoms with Crippen LogP contribution >= 0.6 is 11.3 Å². The molecule has 0 unspecified atom stereocenters. The molecule has 0 amide bonds. The molecule has 108 valence electrons. The van der Waals surface area contributed by atoms with Gasteiger partial charge in [0.05, 0.1) is 5.69 Å². The van der Waals surface area contributed by atoms with Crippen molar-refractivity contribution in [2.45, 2.75) is 13.2 Å². The van der Waals surface area contributed by atoms with Crippen molar-refractivity contribution >= 4 is 16.3 Å². The first-order valence-corrected chi connectivity index (χ1v) is 7.33. The van der Waals surface area contributed by atoms with Gasteiger partial charge in [-0.3, -0.25) is 4.79 Å². The van der Waals surface area contributed by atoms with E-state index in [1.54, 1.807) is 5.51 Å². The van der Waals surface area contributed by atoms with Crippen LogP contribution in [-0.4, -0.2) is 21.6 Å². The molecule has 1 N–H and O–H groups in total. The number of aromatic nitrogens is 3. The Hall–Kier alpha value is -2.25. The fourth-order valence-corrected chi connectivity index (χ4v) is 2.58. The van der Waals surface area contributed by atoms with E-state index in [2.05, 4.69) is 15.4 Å². The molecule has 3 rings (SSSR count). The molecule has 0 spiro atoms. The highest BCUT2D eigenvalue weighted by molar-refractivity contribution is 7.14. The zero-order chi connectivity index (χ0) is 14.7. The summed E-state index contributed by atoms with van der Waals surface area (Å²) in [4.78, 5) is 16.7. The molecule has 2 heterocycles. The van der Waals surface area contributed by atoms with Crippen LogP contribution in [0.2, 0.25) is 0 Å². The number of hydrogen-bond donors (Lipinski definition) is 1. The van der Waals surface area contributed by atoms with Crippen molar-refractivity contribution < 1.29 is 4.74 Å². The van der Waals surface area contributed by atoms with Crippen LogP contribution in [0.5, 0.6) is 5.75 Å². The number of rotatable bonds is 5. The van der Waals surface area contributed by atoms with Gasteiger partial charge in [0.1, 0.15) is 17.9 Å². The molecule has 21 heavy (non-hydrogen) atoms. The van der Waals surface area contributed by atoms with E-state index in [9.17, 15) is 4.79 Å². The summed E-state index contributed by atoms with van der Waals surface area (Å²) in [6.45, 7) is 1.08. The van der Waals surface area contributed by atoms with E-state index in [0.717, 1.165) is 12.3 Å². The second-order valence-electron chi connectivity index (χ2n) is 4.48. The third-order valence-corrected chi connectivity index (χ3v) is 3.61. The van der Waals surface area contributed by atoms with Crippen LogP contribution < -0.4 is 15.6 Å². The van der Waals surface area contributed by atoms with Gasteiger partial charge in [0, 0.05) is 12.6 Å². The van der Waals surface area contributed by atoms with Crippen molar-refractivity contribution in [2.75, 3.05) is 7.05 Å². The van der Waals surface area contributed by atoms with Gasteiger partial charge in [-0.15, -0.1) is 0 Å². The summed E-state index contributed by atoms with van der Waals surface area (Å²) in [5.74, 6) is 0.751. The predicted octanol–water partition coefficient (Wildman–Crippen LogP) is 1.45. The fourth-order valence-electron chi connectivity index (χ4n) is 1.94. The first-order chi connectivity index (χ1) is 10.3. The third-order valence-electron chi connectivity index (χ3n) is 2.93. The molecular weight excluding hydrogens is 288 g/mol. The van der Waals surface area contributed by atoms with Crippen molar-refractivity contribution in [3.8, 4) is 5.75 Å². The Morgan fingerprint density at radius 1 is 1.33 bits per heavy atom. The molecule has 0 atom stereocenters. The molecule has 1 aromatic carbocycles. The quantitative estimate of drug-likeness (QED) is 0.772. The van der Waals surface area contributed by atoms with E-state index >= 15 is 0 Å². The average Bonchev–Trinajstić information content (AvgIpc) is 2.96. The summed E-state index contributed by atoms with van der Waals surface area (Å²) < 4.78 is 6.94. The molecule has 0 saturated carbocycles. The predicted molar refractivity (Wildman–Crippen MR) is 80.7 cm³/mol. The lowest BCUT2D eigenvalue weighted by Gasteiger charge is -2.06. The van der Waals surface area contributed by atoms with Crippen molar-refractivity contribution in [3.05, 3.63) is 57.5 Å². The van der Waals surface area contributed by atoms with Gasteiger partial charge in [0.25, 0.3) is 5.56 Å². The Labute approximate surface area is 125 Å². The lowest BCUT2D eigenvalue weighted by molar-refractivity contribution is 0.301. The van der Waals surface area contributed by atoms with Crippen LogP contribution in [0.4, 0.5) is 0 Å². The molecule has 2 aromatic heterocycles. The van der Waals surface area contributed by atoms with Crippen LogP contribution in [0, 0.1) is 0 Å². The fraction of sp³-hybridized carbons (Fsp3) is 0.214. The molecule has 0 bridgehead atoms. The SMILES string of the molecule is CNCc1ccc(OCc2cc(=O)n3ncsc3n2)cc1. The van der Waals surface area contributed by atoms with Gasteiger partial charge in [0.2, 0.25) is 4.96 Å². The van der Waals surface area contributed by atoms with Crippen molar-refractivity contribution in [1.29, 1.82) is 0 Å². The molecular formula is C14H14N4O2S. The topological polar surface area (TPSA) is 68.5 Å². The van der Waals surface area contributed by atoms with E-state index in [1.165, 1.54) is 27.5 Å². The van der Waals surface area contributed by atoms with E-state index < -0.39 is 0 Å². The van der Waals surface area contributed by atoms with Gasteiger partial charge in [-0.1, -0.05) is 23.5 Å². The Kier molecular flexibility index (Phi) is 3.94. The monoisotopic (exact) mass is 302 g/mol. The highest BCUT2D eigenvalue weighted by Gasteiger charge is 2.05. The largest absolute Gasteiger partial charge is 0.487 e. The van der Waals surface area contributed by atoms with Crippen molar-refractivity contribution in [1.82, 2.24) is 19.9 Å². The minimum absolute atomic E-state index is 0.191. The molecule has 0 radical (unpaired) electrons. The number of nitrogens with one attached hydrogen (secondary N) is 1. The second-order valence-corrected chi connectivity index (χ2v) is 5.29. The molecule has 0 aliphatic rings. The maximum absolute atomic E-state index is 11.8. The number of hydrogen-bond acceptors (Lipinski definition) is 6. The lowest BCUT2D eigenvalue weighted by atomic mass is 10.2. The molecule has 0 fully saturated rings. The Morgan fingerprint density at radius 3 is 2.90 bits per heavy atom. The van der Waals surface area contributed by atoms with E-state index in [4.69, 9.17) is 4.74 Å². The number of fused-ring (bicyclic) bond motifs is 1. The minimum Gasteiger partial charge on any atom is -0.487 e. The molecule has 0 saturated heterocycles. The van der Waals surface area contributed by atoms with Crippen molar-refractivity contribution in [2.24, 2.45) is 0 Å². The van der Waals surface area contributed by atoms with Crippen LogP contribution in [0.3, 0.4) is 0 Å². The minimum atomic E-state index is -0.191. The second kappa shape index (κ2) is 6.02. The third kappa shape index (κ3) is 3.09. The summed E-state index contributed by atoms with van der Waals surface area (Å²) in [6.07, 6.45) is 0. The highest BCUT2D eigenvalue weighted by Crippen LogP contribution is 2.14. The van der Waals surface area contributed by atoms with Gasteiger partial charge in [0.15, 0.2) is 0 Å². The molecule has 0 aliphatic heterocycles. The standard InChI is InChI=1S/C14H14N4O2S/c1-15-7-10-2-4-12(5-3-10)20-8-11-6-13(19)18-14(17-11)21-9-16-18/h2-6,9,15H,7-8H2,1H3. The number of ether oxygens (including phenoxy) is 1. The van der Waals surface area contributed by atoms with Gasteiger partial charge < -0.3 is 10.1 Å². The van der Waals surface area contributed by atoms with E-state index in [-0.39, 0.29) is 12.2 Å². The zero-order valence-corrected chi connectivity index (χ0v) is 12.3. The van der Waals surface area contributed by atoms with Crippen LogP contribution in [0.15, 0.2) is 40.6 Å². The van der Waals surface area contributed by atoms with Crippen molar-refractivity contribution in [3.63, 3.8) is 0 Å². The summed E-state index contributed by atoms with van der Waals surface area (Å²) in [6, 6.07) is 9.26. The Bertz CT molecular complexity index is 795. The average molecular weight is 302 g/mol. The first-order valence-electron chi connectivity index (χ1n) is 6.45. The van der Waals surface area contributed by atoms with E-state index in [1.807, 2.05) is 31.3 Å². The zero-order valence-electron chi connectivity index (χ0n) is 11.4. The summed E-state index contributed by atoms with van der Waals surface area (Å²) in [5, 5.41) is 7.01. The molecule has 7 heteroatoms. The van der Waals surface area contributed by atoms with Gasteiger partial charge in [-0.05, 0) is 24.7 Å². The van der Waals surface area contributed by atoms with Crippen LogP contribution in [0.1, 0.15) is 11.3 Å². The van der Waals surface area contributed by atoms with E-state index in [0.29, 0.717) is 10.7 Å². The van der Waals surface area contributed by atoms with Gasteiger partial charge in [-0.25, -0.2) is 4.98 Å². The van der Waals surface area contributed by atoms with Gasteiger partial charge in [-0.2, -0.15) is 9.61 Å². The summed E-state index contributed by atoms with van der Waals surface area (Å²) in [5.41, 5.74) is 3.19. The maximum Gasteiger partial charge on any atom is 0.275 e. The lowest BCUT2D eigenvalue weighted by Crippen LogP contribution is -2.16. The van der Waals surface area contributed by atoms with Gasteiger partial charge >= 0.3 is 0 Å². The maximum atomic E-state index is 11.8. The summed E-state index contributed by atoms with van der Waals surface area (Å²) in [7, 11) is 1.91. The normalized spacial score (nSPS) is 10.9. The highest BCUT2D eigenvalue weighted by atomic mass is 32.1. The number of nitrogens with zero attached hydrogens (tertiary/aromatic N) is 3. The first kappa shape index (κ1) is 13.7. The Balaban J connectivity index is 1.72. The molecule has 6 nitrogen and oxygen atoms in total. The van der Waals surface area contributed by atoms with Crippen LogP contribution in [0.25, 0.3) is 4.96 Å². The number of benzene rings is 1. The van der Waals surface area contributed by atoms with Crippen LogP contribution in [-0.2, 0) is 13.2 Å². The molecule has 3 aromatic rings. The smallest absolute Gasteiger partial charge is 0.275 e. The summed E-state index contributed by atoms with van der Waals surface area (Å²) >= 11 is 1.32. The Morgan fingerprint density at radius 2 is 2.14 bits per heavy atom.